The van der Waals surface area contributed by atoms with Crippen LogP contribution in [0.2, 0.25) is 0 Å². The first-order valence-electron chi connectivity index (χ1n) is 6.39. The zero-order chi connectivity index (χ0) is 12.8. The van der Waals surface area contributed by atoms with Gasteiger partial charge in [0.05, 0.1) is 11.3 Å². The average Bonchev–Trinajstić information content (AvgIpc) is 3.03. The molecule has 1 saturated carbocycles. The molecule has 0 aliphatic heterocycles. The highest BCUT2D eigenvalue weighted by Gasteiger charge is 2.27. The maximum Gasteiger partial charge on any atom is 0.223 e. The van der Waals surface area contributed by atoms with E-state index in [2.05, 4.69) is 9.97 Å². The number of carbonyl (C=O) groups excluding carboxylic acids is 1. The Hall–Kier alpha value is -1.94. The van der Waals surface area contributed by atoms with Crippen molar-refractivity contribution in [1.82, 2.24) is 9.97 Å². The van der Waals surface area contributed by atoms with Crippen LogP contribution in [0.4, 0.5) is 0 Å². The van der Waals surface area contributed by atoms with Crippen molar-refractivity contribution in [3.63, 3.8) is 0 Å². The van der Waals surface area contributed by atoms with Crippen LogP contribution in [0.1, 0.15) is 39.8 Å². The maximum absolute atomic E-state index is 12.5. The van der Waals surface area contributed by atoms with E-state index in [0.717, 1.165) is 16.6 Å². The second kappa shape index (κ2) is 4.03. The molecule has 1 aromatic carbocycles. The fraction of sp³-hybridized carbons (Fsp3) is 0.200. The molecule has 0 amide bonds. The lowest BCUT2D eigenvalue weighted by Gasteiger charge is -1.95. The minimum absolute atomic E-state index is 0.0225. The van der Waals surface area contributed by atoms with Crippen molar-refractivity contribution in [3.8, 4) is 0 Å². The molecule has 3 aromatic rings. The number of aromatic nitrogens is 2. The van der Waals surface area contributed by atoms with Gasteiger partial charge in [-0.2, -0.15) is 0 Å². The highest BCUT2D eigenvalue weighted by atomic mass is 32.1. The number of thiazole rings is 1. The second-order valence-corrected chi connectivity index (χ2v) is 5.79. The van der Waals surface area contributed by atoms with Gasteiger partial charge in [0.2, 0.25) is 5.78 Å². The molecule has 1 fully saturated rings. The highest BCUT2D eigenvalue weighted by Crippen LogP contribution is 2.40. The zero-order valence-corrected chi connectivity index (χ0v) is 11.0. The number of carbonyl (C=O) groups is 1. The van der Waals surface area contributed by atoms with Crippen molar-refractivity contribution in [2.24, 2.45) is 0 Å². The van der Waals surface area contributed by atoms with Crippen molar-refractivity contribution >= 4 is 28.0 Å². The minimum atomic E-state index is 0.0225. The van der Waals surface area contributed by atoms with Crippen LogP contribution in [0.3, 0.4) is 0 Å². The highest BCUT2D eigenvalue weighted by molar-refractivity contribution is 7.12. The second-order valence-electron chi connectivity index (χ2n) is 4.93. The summed E-state index contributed by atoms with van der Waals surface area (Å²) >= 11 is 1.46. The molecule has 3 nitrogen and oxygen atoms in total. The van der Waals surface area contributed by atoms with E-state index in [-0.39, 0.29) is 5.78 Å². The number of hydrogen-bond acceptors (Lipinski definition) is 3. The number of ketones is 1. The van der Waals surface area contributed by atoms with Crippen LogP contribution in [0.25, 0.3) is 10.9 Å². The van der Waals surface area contributed by atoms with Gasteiger partial charge in [0.25, 0.3) is 0 Å². The Labute approximate surface area is 114 Å². The predicted molar refractivity (Wildman–Crippen MR) is 75.8 cm³/mol. The third-order valence-electron chi connectivity index (χ3n) is 3.55. The van der Waals surface area contributed by atoms with E-state index in [0.29, 0.717) is 16.5 Å². The summed E-state index contributed by atoms with van der Waals surface area (Å²) in [6, 6.07) is 7.85. The zero-order valence-electron chi connectivity index (χ0n) is 10.2. The van der Waals surface area contributed by atoms with Gasteiger partial charge in [-0.05, 0) is 18.9 Å². The summed E-state index contributed by atoms with van der Waals surface area (Å²) in [5.74, 6) is 0.620. The molecular formula is C15H12N2OS. The van der Waals surface area contributed by atoms with Crippen molar-refractivity contribution in [2.75, 3.05) is 0 Å². The summed E-state index contributed by atoms with van der Waals surface area (Å²) in [5.41, 5.74) is 2.80. The normalized spacial score (nSPS) is 14.9. The van der Waals surface area contributed by atoms with Gasteiger partial charge in [-0.3, -0.25) is 4.79 Å². The van der Waals surface area contributed by atoms with Gasteiger partial charge in [-0.25, -0.2) is 4.98 Å². The molecule has 1 N–H and O–H groups in total. The molecule has 19 heavy (non-hydrogen) atoms. The molecule has 0 atom stereocenters. The Balaban J connectivity index is 1.75. The number of fused-ring (bicyclic) bond motifs is 1. The Bertz CT molecular complexity index is 767. The standard InChI is InChI=1S/C15H12N2OS/c18-14(15-17-13(8-19-15)9-5-6-9)11-7-16-12-4-2-1-3-10(11)12/h1-4,7-9,16H,5-6H2. The van der Waals surface area contributed by atoms with Gasteiger partial charge < -0.3 is 4.98 Å². The quantitative estimate of drug-likeness (QED) is 0.736. The smallest absolute Gasteiger partial charge is 0.223 e. The first-order chi connectivity index (χ1) is 9.33. The Kier molecular flexibility index (Phi) is 2.32. The summed E-state index contributed by atoms with van der Waals surface area (Å²) < 4.78 is 0. The molecule has 94 valence electrons. The molecule has 0 bridgehead atoms. The fourth-order valence-corrected chi connectivity index (χ4v) is 3.18. The van der Waals surface area contributed by atoms with Crippen LogP contribution in [0.15, 0.2) is 35.8 Å². The number of rotatable bonds is 3. The van der Waals surface area contributed by atoms with Crippen LogP contribution < -0.4 is 0 Å². The number of benzene rings is 1. The summed E-state index contributed by atoms with van der Waals surface area (Å²) in [7, 11) is 0. The first-order valence-corrected chi connectivity index (χ1v) is 7.27. The average molecular weight is 268 g/mol. The molecule has 0 spiro atoms. The van der Waals surface area contributed by atoms with Gasteiger partial charge in [-0.1, -0.05) is 18.2 Å². The summed E-state index contributed by atoms with van der Waals surface area (Å²) in [6.45, 7) is 0. The molecule has 4 heteroatoms. The lowest BCUT2D eigenvalue weighted by Crippen LogP contribution is -1.99. The molecule has 1 aliphatic rings. The van der Waals surface area contributed by atoms with Crippen LogP contribution in [-0.2, 0) is 0 Å². The number of nitrogens with zero attached hydrogens (tertiary/aromatic N) is 1. The van der Waals surface area contributed by atoms with Crippen LogP contribution in [0, 0.1) is 0 Å². The van der Waals surface area contributed by atoms with Gasteiger partial charge in [0.15, 0.2) is 5.01 Å². The Morgan fingerprint density at radius 3 is 3.00 bits per heavy atom. The van der Waals surface area contributed by atoms with Crippen molar-refractivity contribution < 1.29 is 4.79 Å². The number of para-hydroxylation sites is 1. The molecule has 0 radical (unpaired) electrons. The topological polar surface area (TPSA) is 45.8 Å². The monoisotopic (exact) mass is 268 g/mol. The van der Waals surface area contributed by atoms with Crippen molar-refractivity contribution in [1.29, 1.82) is 0 Å². The number of nitrogens with one attached hydrogen (secondary N) is 1. The number of hydrogen-bond donors (Lipinski definition) is 1. The van der Waals surface area contributed by atoms with Gasteiger partial charge in [0.1, 0.15) is 0 Å². The minimum Gasteiger partial charge on any atom is -0.360 e. The van der Waals surface area contributed by atoms with E-state index >= 15 is 0 Å². The van der Waals surface area contributed by atoms with Gasteiger partial charge >= 0.3 is 0 Å². The van der Waals surface area contributed by atoms with E-state index in [1.807, 2.05) is 29.6 Å². The molecule has 2 heterocycles. The first kappa shape index (κ1) is 10.9. The third-order valence-corrected chi connectivity index (χ3v) is 4.40. The molecule has 0 saturated heterocycles. The summed E-state index contributed by atoms with van der Waals surface area (Å²) in [5, 5.41) is 3.60. The molecule has 1 aliphatic carbocycles. The lowest BCUT2D eigenvalue weighted by molar-refractivity contribution is 0.104. The Morgan fingerprint density at radius 2 is 2.16 bits per heavy atom. The van der Waals surface area contributed by atoms with E-state index in [1.54, 1.807) is 6.20 Å². The molecule has 4 rings (SSSR count). The van der Waals surface area contributed by atoms with Gasteiger partial charge in [-0.15, -0.1) is 11.3 Å². The fourth-order valence-electron chi connectivity index (χ4n) is 2.33. The Morgan fingerprint density at radius 1 is 1.32 bits per heavy atom. The molecular weight excluding hydrogens is 256 g/mol. The number of H-pyrrole nitrogens is 1. The van der Waals surface area contributed by atoms with E-state index in [9.17, 15) is 4.79 Å². The molecule has 2 aromatic heterocycles. The van der Waals surface area contributed by atoms with Crippen molar-refractivity contribution in [2.45, 2.75) is 18.8 Å². The van der Waals surface area contributed by atoms with Crippen molar-refractivity contribution in [3.05, 3.63) is 52.1 Å². The number of aromatic amines is 1. The third kappa shape index (κ3) is 1.79. The van der Waals surface area contributed by atoms with Crippen LogP contribution >= 0.6 is 11.3 Å². The predicted octanol–water partition coefficient (Wildman–Crippen LogP) is 3.73. The largest absolute Gasteiger partial charge is 0.360 e. The van der Waals surface area contributed by atoms with E-state index < -0.39 is 0 Å². The van der Waals surface area contributed by atoms with Gasteiger partial charge in [0, 0.05) is 28.4 Å². The lowest BCUT2D eigenvalue weighted by atomic mass is 10.1. The summed E-state index contributed by atoms with van der Waals surface area (Å²) in [4.78, 5) is 20.1. The van der Waals surface area contributed by atoms with Crippen LogP contribution in [-0.4, -0.2) is 15.8 Å². The maximum atomic E-state index is 12.5. The molecule has 0 unspecified atom stereocenters. The van der Waals surface area contributed by atoms with E-state index in [1.165, 1.54) is 24.2 Å². The van der Waals surface area contributed by atoms with Crippen LogP contribution in [0.5, 0.6) is 0 Å². The summed E-state index contributed by atoms with van der Waals surface area (Å²) in [6.07, 6.45) is 4.21. The SMILES string of the molecule is O=C(c1nc(C2CC2)cs1)c1c[nH]c2ccccc12. The van der Waals surface area contributed by atoms with E-state index in [4.69, 9.17) is 0 Å².